The fraction of sp³-hybridized carbons (Fsp3) is 0.714. The minimum absolute atomic E-state index is 0.112. The third-order valence-corrected chi connectivity index (χ3v) is 6.41. The first-order chi connectivity index (χ1) is 9.54. The van der Waals surface area contributed by atoms with Crippen molar-refractivity contribution >= 4 is 22.4 Å². The topological polar surface area (TPSA) is 49.3 Å². The summed E-state index contributed by atoms with van der Waals surface area (Å²) in [6.45, 7) is 5.85. The summed E-state index contributed by atoms with van der Waals surface area (Å²) in [5.74, 6) is 2.49. The highest BCUT2D eigenvalue weighted by atomic mass is 32.2. The number of hydrogen-bond acceptors (Lipinski definition) is 5. The highest BCUT2D eigenvalue weighted by molar-refractivity contribution is 7.86. The lowest BCUT2D eigenvalue weighted by Crippen LogP contribution is -2.53. The van der Waals surface area contributed by atoms with E-state index in [1.807, 2.05) is 19.0 Å². The Balaban J connectivity index is 2.33. The van der Waals surface area contributed by atoms with Gasteiger partial charge in [-0.3, -0.25) is 4.21 Å². The van der Waals surface area contributed by atoms with Gasteiger partial charge in [0, 0.05) is 56.1 Å². The normalized spacial score (nSPS) is 21.8. The molecule has 5 nitrogen and oxygen atoms in total. The van der Waals surface area contributed by atoms with Crippen LogP contribution in [0.4, 0.5) is 11.6 Å². The van der Waals surface area contributed by atoms with Gasteiger partial charge in [-0.25, -0.2) is 9.97 Å². The van der Waals surface area contributed by atoms with Gasteiger partial charge in [-0.05, 0) is 12.8 Å². The highest BCUT2D eigenvalue weighted by Crippen LogP contribution is 2.33. The van der Waals surface area contributed by atoms with E-state index < -0.39 is 10.8 Å². The Hall–Kier alpha value is -1.17. The average Bonchev–Trinajstić information content (AvgIpc) is 2.48. The molecular weight excluding hydrogens is 272 g/mol. The molecule has 0 aliphatic carbocycles. The third-order valence-electron chi connectivity index (χ3n) is 4.18. The highest BCUT2D eigenvalue weighted by Gasteiger charge is 2.39. The maximum absolute atomic E-state index is 12.4. The van der Waals surface area contributed by atoms with Gasteiger partial charge in [-0.2, -0.15) is 0 Å². The number of aromatic nitrogens is 2. The maximum atomic E-state index is 12.4. The zero-order valence-corrected chi connectivity index (χ0v) is 13.6. The van der Waals surface area contributed by atoms with E-state index in [0.29, 0.717) is 5.75 Å². The van der Waals surface area contributed by atoms with Crippen LogP contribution >= 0.6 is 0 Å². The predicted octanol–water partition coefficient (Wildman–Crippen LogP) is 1.67. The molecule has 2 rings (SSSR count). The summed E-state index contributed by atoms with van der Waals surface area (Å²) in [5, 5.41) is 0. The Morgan fingerprint density at radius 3 is 2.55 bits per heavy atom. The minimum Gasteiger partial charge on any atom is -0.360 e. The van der Waals surface area contributed by atoms with Crippen molar-refractivity contribution in [3.8, 4) is 0 Å². The molecule has 1 aliphatic rings. The summed E-state index contributed by atoms with van der Waals surface area (Å²) in [6.07, 6.45) is 5.32. The van der Waals surface area contributed by atoms with Crippen LogP contribution in [-0.2, 0) is 10.8 Å². The van der Waals surface area contributed by atoms with E-state index in [1.54, 1.807) is 12.4 Å². The van der Waals surface area contributed by atoms with Gasteiger partial charge in [0.1, 0.15) is 0 Å². The molecule has 1 aromatic rings. The molecular formula is C14H24N4OS. The molecule has 0 amide bonds. The maximum Gasteiger partial charge on any atom is 0.172 e. The van der Waals surface area contributed by atoms with Crippen LogP contribution in [0.5, 0.6) is 0 Å². The zero-order valence-electron chi connectivity index (χ0n) is 12.8. The zero-order chi connectivity index (χ0) is 14.8. The third kappa shape index (κ3) is 2.66. The molecule has 1 aliphatic heterocycles. The lowest BCUT2D eigenvalue weighted by molar-refractivity contribution is 0.494. The molecule has 1 fully saturated rings. The van der Waals surface area contributed by atoms with E-state index in [0.717, 1.165) is 37.6 Å². The Morgan fingerprint density at radius 2 is 1.95 bits per heavy atom. The molecule has 0 bridgehead atoms. The number of nitrogens with zero attached hydrogens (tertiary/aromatic N) is 4. The lowest BCUT2D eigenvalue weighted by Gasteiger charge is -2.42. The minimum atomic E-state index is -0.752. The van der Waals surface area contributed by atoms with Gasteiger partial charge in [0.25, 0.3) is 0 Å². The summed E-state index contributed by atoms with van der Waals surface area (Å²) in [5.41, 5.74) is 0. The van der Waals surface area contributed by atoms with Crippen LogP contribution < -0.4 is 9.80 Å². The molecule has 0 spiro atoms. The van der Waals surface area contributed by atoms with Crippen LogP contribution in [0.1, 0.15) is 26.7 Å². The average molecular weight is 296 g/mol. The molecule has 20 heavy (non-hydrogen) atoms. The first-order valence-corrected chi connectivity index (χ1v) is 8.47. The first-order valence-electron chi connectivity index (χ1n) is 7.16. The van der Waals surface area contributed by atoms with Crippen molar-refractivity contribution in [1.82, 2.24) is 9.97 Å². The van der Waals surface area contributed by atoms with Crippen molar-refractivity contribution in [3.63, 3.8) is 0 Å². The molecule has 2 heterocycles. The number of hydrogen-bond donors (Lipinski definition) is 0. The quantitative estimate of drug-likeness (QED) is 0.846. The van der Waals surface area contributed by atoms with Crippen molar-refractivity contribution in [2.45, 2.75) is 31.4 Å². The number of anilines is 2. The van der Waals surface area contributed by atoms with Crippen LogP contribution in [0.2, 0.25) is 0 Å². The molecule has 0 saturated carbocycles. The van der Waals surface area contributed by atoms with Crippen LogP contribution in [0.3, 0.4) is 0 Å². The van der Waals surface area contributed by atoms with Crippen molar-refractivity contribution < 1.29 is 4.21 Å². The van der Waals surface area contributed by atoms with E-state index in [9.17, 15) is 4.21 Å². The molecule has 1 saturated heterocycles. The second-order valence-corrected chi connectivity index (χ2v) is 7.42. The summed E-state index contributed by atoms with van der Waals surface area (Å²) in [7, 11) is 3.20. The second-order valence-electron chi connectivity index (χ2n) is 5.46. The molecule has 0 aromatic carbocycles. The van der Waals surface area contributed by atoms with Crippen molar-refractivity contribution in [2.24, 2.45) is 0 Å². The van der Waals surface area contributed by atoms with E-state index in [-0.39, 0.29) is 4.75 Å². The Morgan fingerprint density at radius 1 is 1.30 bits per heavy atom. The Kier molecular flexibility index (Phi) is 4.62. The van der Waals surface area contributed by atoms with Gasteiger partial charge in [0.15, 0.2) is 11.6 Å². The SMILES string of the molecule is CCC1(CC)CN(c2nccnc2N(C)C)CCS1=O. The molecule has 1 atom stereocenters. The van der Waals surface area contributed by atoms with E-state index >= 15 is 0 Å². The molecule has 0 radical (unpaired) electrons. The lowest BCUT2D eigenvalue weighted by atomic mass is 10.0. The van der Waals surface area contributed by atoms with Crippen molar-refractivity contribution in [2.75, 3.05) is 42.7 Å². The van der Waals surface area contributed by atoms with E-state index in [4.69, 9.17) is 0 Å². The standard InChI is InChI=1S/C14H24N4OS/c1-5-14(6-2)11-18(9-10-20(14)19)13-12(17(3)4)15-7-8-16-13/h7-8H,5-6,9-11H2,1-4H3. The molecule has 0 N–H and O–H groups in total. The fourth-order valence-corrected chi connectivity index (χ4v) is 4.51. The van der Waals surface area contributed by atoms with E-state index in [2.05, 4.69) is 28.7 Å². The number of rotatable bonds is 4. The smallest absolute Gasteiger partial charge is 0.172 e. The van der Waals surface area contributed by atoms with Crippen LogP contribution in [0, 0.1) is 0 Å². The van der Waals surface area contributed by atoms with Crippen LogP contribution in [0.15, 0.2) is 12.4 Å². The Bertz CT molecular complexity index is 488. The molecule has 6 heteroatoms. The van der Waals surface area contributed by atoms with E-state index in [1.165, 1.54) is 0 Å². The molecule has 1 unspecified atom stereocenters. The Labute approximate surface area is 123 Å². The summed E-state index contributed by atoms with van der Waals surface area (Å²) in [4.78, 5) is 13.1. The molecule has 112 valence electrons. The fourth-order valence-electron chi connectivity index (χ4n) is 2.75. The van der Waals surface area contributed by atoms with Gasteiger partial charge in [0.05, 0.1) is 4.75 Å². The van der Waals surface area contributed by atoms with Gasteiger partial charge in [-0.1, -0.05) is 13.8 Å². The summed E-state index contributed by atoms with van der Waals surface area (Å²) >= 11 is 0. The summed E-state index contributed by atoms with van der Waals surface area (Å²) < 4.78 is 12.3. The van der Waals surface area contributed by atoms with Gasteiger partial charge >= 0.3 is 0 Å². The largest absolute Gasteiger partial charge is 0.360 e. The van der Waals surface area contributed by atoms with Gasteiger partial charge in [0.2, 0.25) is 0 Å². The molecule has 1 aromatic heterocycles. The monoisotopic (exact) mass is 296 g/mol. The van der Waals surface area contributed by atoms with Crippen molar-refractivity contribution in [3.05, 3.63) is 12.4 Å². The van der Waals surface area contributed by atoms with Gasteiger partial charge < -0.3 is 9.80 Å². The summed E-state index contributed by atoms with van der Waals surface area (Å²) in [6, 6.07) is 0. The van der Waals surface area contributed by atoms with Crippen molar-refractivity contribution in [1.29, 1.82) is 0 Å². The second kappa shape index (κ2) is 6.08. The van der Waals surface area contributed by atoms with Gasteiger partial charge in [-0.15, -0.1) is 0 Å². The predicted molar refractivity (Wildman–Crippen MR) is 84.9 cm³/mol. The van der Waals surface area contributed by atoms with Crippen LogP contribution in [0.25, 0.3) is 0 Å². The first kappa shape index (κ1) is 15.2. The van der Waals surface area contributed by atoms with Crippen LogP contribution in [-0.4, -0.2) is 51.9 Å².